The zero-order chi connectivity index (χ0) is 22.2. The molecule has 3 heterocycles. The van der Waals surface area contributed by atoms with Gasteiger partial charge in [0.25, 0.3) is 0 Å². The van der Waals surface area contributed by atoms with Crippen LogP contribution in [-0.4, -0.2) is 10.1 Å². The predicted molar refractivity (Wildman–Crippen MR) is 128 cm³/mol. The van der Waals surface area contributed by atoms with Crippen LogP contribution in [-0.2, 0) is 0 Å². The molecule has 0 unspecified atom stereocenters. The van der Waals surface area contributed by atoms with E-state index in [4.69, 9.17) is 39.8 Å². The molecule has 0 amide bonds. The van der Waals surface area contributed by atoms with Crippen molar-refractivity contribution in [3.8, 4) is 11.3 Å². The lowest BCUT2D eigenvalue weighted by molar-refractivity contribution is 0.438. The molecular weight excluding hydrogens is 468 g/mol. The quantitative estimate of drug-likeness (QED) is 0.317. The van der Waals surface area contributed by atoms with E-state index in [1.165, 1.54) is 6.07 Å². The molecule has 2 aromatic carbocycles. The monoisotopic (exact) mass is 483 g/mol. The van der Waals surface area contributed by atoms with Crippen molar-refractivity contribution in [3.05, 3.63) is 106 Å². The Labute approximate surface area is 199 Å². The van der Waals surface area contributed by atoms with Gasteiger partial charge in [-0.2, -0.15) is 0 Å². The standard InChI is InChI=1S/C24H16Cl2FN3OS/c25-14-8-9-15(16(26)13-14)20-10-11-21(31-20)23-22(18-6-3-4-12-28-18)29-24(32)30(23)19-7-2-1-5-17(19)27/h1-13,22-23H,(H,29,32)/t22-,23-/m1/s1. The van der Waals surface area contributed by atoms with E-state index in [2.05, 4.69) is 10.3 Å². The largest absolute Gasteiger partial charge is 0.459 e. The topological polar surface area (TPSA) is 41.3 Å². The Morgan fingerprint density at radius 1 is 1.00 bits per heavy atom. The first-order valence-electron chi connectivity index (χ1n) is 9.83. The zero-order valence-electron chi connectivity index (χ0n) is 16.5. The van der Waals surface area contributed by atoms with Gasteiger partial charge < -0.3 is 14.6 Å². The lowest BCUT2D eigenvalue weighted by Crippen LogP contribution is -2.30. The number of nitrogens with zero attached hydrogens (tertiary/aromatic N) is 2. The predicted octanol–water partition coefficient (Wildman–Crippen LogP) is 6.96. The molecule has 5 rings (SSSR count). The Balaban J connectivity index is 1.62. The van der Waals surface area contributed by atoms with Gasteiger partial charge in [-0.15, -0.1) is 0 Å². The number of pyridine rings is 1. The van der Waals surface area contributed by atoms with E-state index in [9.17, 15) is 4.39 Å². The summed E-state index contributed by atoms with van der Waals surface area (Å²) < 4.78 is 21.0. The van der Waals surface area contributed by atoms with Gasteiger partial charge in [-0.3, -0.25) is 4.98 Å². The SMILES string of the molecule is Fc1ccccc1N1C(=S)N[C@H](c2ccccn2)[C@H]1c1ccc(-c2ccc(Cl)cc2Cl)o1. The van der Waals surface area contributed by atoms with Gasteiger partial charge >= 0.3 is 0 Å². The summed E-state index contributed by atoms with van der Waals surface area (Å²) in [6.07, 6.45) is 1.71. The molecule has 1 aliphatic heterocycles. The van der Waals surface area contributed by atoms with Crippen LogP contribution in [0.1, 0.15) is 23.5 Å². The average molecular weight is 484 g/mol. The summed E-state index contributed by atoms with van der Waals surface area (Å²) in [5, 5.41) is 4.69. The Morgan fingerprint density at radius 3 is 2.56 bits per heavy atom. The molecular formula is C24H16Cl2FN3OS. The number of benzene rings is 2. The minimum Gasteiger partial charge on any atom is -0.459 e. The van der Waals surface area contributed by atoms with E-state index in [0.717, 1.165) is 5.69 Å². The van der Waals surface area contributed by atoms with Gasteiger partial charge in [0.15, 0.2) is 5.11 Å². The zero-order valence-corrected chi connectivity index (χ0v) is 18.8. The third kappa shape index (κ3) is 3.75. The van der Waals surface area contributed by atoms with Gasteiger partial charge in [-0.25, -0.2) is 4.39 Å². The van der Waals surface area contributed by atoms with Crippen LogP contribution < -0.4 is 10.2 Å². The fourth-order valence-corrected chi connectivity index (χ4v) is 4.74. The van der Waals surface area contributed by atoms with Crippen molar-refractivity contribution < 1.29 is 8.81 Å². The summed E-state index contributed by atoms with van der Waals surface area (Å²) in [6, 6.07) is 20.2. The Morgan fingerprint density at radius 2 is 1.81 bits per heavy atom. The second-order valence-corrected chi connectivity index (χ2v) is 8.50. The molecule has 2 aromatic heterocycles. The first kappa shape index (κ1) is 20.9. The summed E-state index contributed by atoms with van der Waals surface area (Å²) in [7, 11) is 0. The third-order valence-corrected chi connectivity index (χ3v) is 6.19. The number of thiocarbonyl (C=S) groups is 1. The number of furan rings is 1. The minimum absolute atomic E-state index is 0.344. The lowest BCUT2D eigenvalue weighted by atomic mass is 10.0. The molecule has 160 valence electrons. The molecule has 0 spiro atoms. The smallest absolute Gasteiger partial charge is 0.174 e. The fourth-order valence-electron chi connectivity index (χ4n) is 3.90. The number of halogens is 3. The molecule has 0 saturated carbocycles. The van der Waals surface area contributed by atoms with Crippen molar-refractivity contribution in [1.82, 2.24) is 10.3 Å². The molecule has 0 bridgehead atoms. The van der Waals surface area contributed by atoms with E-state index in [1.807, 2.05) is 30.3 Å². The van der Waals surface area contributed by atoms with Crippen LogP contribution in [0.3, 0.4) is 0 Å². The van der Waals surface area contributed by atoms with Crippen molar-refractivity contribution in [1.29, 1.82) is 0 Å². The molecule has 0 aliphatic carbocycles. The molecule has 8 heteroatoms. The maximum Gasteiger partial charge on any atom is 0.174 e. The van der Waals surface area contributed by atoms with E-state index in [0.29, 0.717) is 37.9 Å². The van der Waals surface area contributed by atoms with Crippen LogP contribution in [0.4, 0.5) is 10.1 Å². The minimum atomic E-state index is -0.464. The van der Waals surface area contributed by atoms with Gasteiger partial charge in [0, 0.05) is 16.8 Å². The average Bonchev–Trinajstić information content (AvgIpc) is 3.39. The fraction of sp³-hybridized carbons (Fsp3) is 0.0833. The first-order chi connectivity index (χ1) is 15.5. The molecule has 1 N–H and O–H groups in total. The van der Waals surface area contributed by atoms with E-state index >= 15 is 0 Å². The maximum absolute atomic E-state index is 14.8. The normalized spacial score (nSPS) is 18.1. The highest BCUT2D eigenvalue weighted by Gasteiger charge is 2.43. The van der Waals surface area contributed by atoms with Gasteiger partial charge in [0.05, 0.1) is 22.4 Å². The number of hydrogen-bond donors (Lipinski definition) is 1. The summed E-state index contributed by atoms with van der Waals surface area (Å²) in [4.78, 5) is 6.22. The summed E-state index contributed by atoms with van der Waals surface area (Å²) in [6.45, 7) is 0. The molecule has 4 aromatic rings. The second-order valence-electron chi connectivity index (χ2n) is 7.27. The van der Waals surface area contributed by atoms with Gasteiger partial charge in [-0.1, -0.05) is 41.4 Å². The highest BCUT2D eigenvalue weighted by atomic mass is 35.5. The van der Waals surface area contributed by atoms with Crippen LogP contribution in [0, 0.1) is 5.82 Å². The molecule has 4 nitrogen and oxygen atoms in total. The number of aromatic nitrogens is 1. The first-order valence-corrected chi connectivity index (χ1v) is 11.0. The molecule has 0 radical (unpaired) electrons. The van der Waals surface area contributed by atoms with E-state index in [-0.39, 0.29) is 11.9 Å². The Hall–Kier alpha value is -2.93. The number of para-hydroxylation sites is 1. The van der Waals surface area contributed by atoms with Crippen LogP contribution in [0.5, 0.6) is 0 Å². The van der Waals surface area contributed by atoms with Crippen LogP contribution in [0.25, 0.3) is 11.3 Å². The molecule has 32 heavy (non-hydrogen) atoms. The van der Waals surface area contributed by atoms with Gasteiger partial charge in [-0.05, 0) is 66.8 Å². The second kappa shape index (κ2) is 8.54. The van der Waals surface area contributed by atoms with Gasteiger partial charge in [0.1, 0.15) is 23.4 Å². The van der Waals surface area contributed by atoms with E-state index < -0.39 is 6.04 Å². The highest BCUT2D eigenvalue weighted by Crippen LogP contribution is 2.44. The van der Waals surface area contributed by atoms with Crippen molar-refractivity contribution in [2.75, 3.05) is 4.90 Å². The maximum atomic E-state index is 14.8. The van der Waals surface area contributed by atoms with Crippen LogP contribution in [0.2, 0.25) is 10.0 Å². The number of nitrogens with one attached hydrogen (secondary N) is 1. The summed E-state index contributed by atoms with van der Waals surface area (Å²) in [5.74, 6) is 0.792. The van der Waals surface area contributed by atoms with Crippen molar-refractivity contribution in [3.63, 3.8) is 0 Å². The third-order valence-electron chi connectivity index (χ3n) is 5.32. The lowest BCUT2D eigenvalue weighted by Gasteiger charge is -2.26. The molecule has 1 saturated heterocycles. The number of rotatable bonds is 4. The molecule has 1 aliphatic rings. The Bertz CT molecular complexity index is 1300. The van der Waals surface area contributed by atoms with E-state index in [1.54, 1.807) is 47.5 Å². The summed E-state index contributed by atoms with van der Waals surface area (Å²) >= 11 is 18.0. The summed E-state index contributed by atoms with van der Waals surface area (Å²) in [5.41, 5.74) is 1.83. The van der Waals surface area contributed by atoms with Crippen LogP contribution >= 0.6 is 35.4 Å². The van der Waals surface area contributed by atoms with Crippen LogP contribution in [0.15, 0.2) is 83.4 Å². The Kier molecular flexibility index (Phi) is 5.59. The number of anilines is 1. The molecule has 1 fully saturated rings. The van der Waals surface area contributed by atoms with Gasteiger partial charge in [0.2, 0.25) is 0 Å². The van der Waals surface area contributed by atoms with Crippen molar-refractivity contribution in [2.24, 2.45) is 0 Å². The highest BCUT2D eigenvalue weighted by molar-refractivity contribution is 7.80. The van der Waals surface area contributed by atoms with Crippen molar-refractivity contribution >= 4 is 46.2 Å². The molecule has 2 atom stereocenters. The number of hydrogen-bond acceptors (Lipinski definition) is 3. The van der Waals surface area contributed by atoms with Crippen molar-refractivity contribution in [2.45, 2.75) is 12.1 Å².